The molecule has 100 valence electrons. The smallest absolute Gasteiger partial charge is 0.261 e. The normalized spacial score (nSPS) is 16.7. The summed E-state index contributed by atoms with van der Waals surface area (Å²) in [5.74, 6) is 0.940. The van der Waals surface area contributed by atoms with Gasteiger partial charge in [0.05, 0.1) is 16.8 Å². The summed E-state index contributed by atoms with van der Waals surface area (Å²) in [4.78, 5) is 17.1. The Morgan fingerprint density at radius 3 is 2.79 bits per heavy atom. The van der Waals surface area contributed by atoms with Gasteiger partial charge in [0.1, 0.15) is 5.82 Å². The van der Waals surface area contributed by atoms with Gasteiger partial charge in [0.2, 0.25) is 0 Å². The number of para-hydroxylation sites is 1. The van der Waals surface area contributed by atoms with Crippen LogP contribution in [0.1, 0.15) is 18.7 Å². The van der Waals surface area contributed by atoms with Crippen LogP contribution in [0.3, 0.4) is 0 Å². The van der Waals surface area contributed by atoms with Crippen LogP contribution in [0.15, 0.2) is 29.1 Å². The van der Waals surface area contributed by atoms with Crippen molar-refractivity contribution in [1.29, 1.82) is 0 Å². The maximum atomic E-state index is 12.6. The van der Waals surface area contributed by atoms with Gasteiger partial charge in [0.25, 0.3) is 5.56 Å². The number of aromatic nitrogens is 2. The first-order valence-corrected chi connectivity index (χ1v) is 8.05. The number of alkyl halides is 1. The van der Waals surface area contributed by atoms with E-state index >= 15 is 0 Å². The van der Waals surface area contributed by atoms with Gasteiger partial charge in [-0.15, -0.1) is 11.6 Å². The predicted octanol–water partition coefficient (Wildman–Crippen LogP) is 3.03. The molecule has 1 aliphatic carbocycles. The highest BCUT2D eigenvalue weighted by Crippen LogP contribution is 2.48. The van der Waals surface area contributed by atoms with Gasteiger partial charge >= 0.3 is 0 Å². The van der Waals surface area contributed by atoms with Crippen LogP contribution in [-0.2, 0) is 12.4 Å². The first-order chi connectivity index (χ1) is 9.19. The molecule has 1 heterocycles. The summed E-state index contributed by atoms with van der Waals surface area (Å²) in [5, 5.41) is 0.674. The van der Waals surface area contributed by atoms with Gasteiger partial charge < -0.3 is 0 Å². The zero-order valence-corrected chi connectivity index (χ0v) is 12.3. The molecule has 2 aromatic rings. The van der Waals surface area contributed by atoms with Crippen molar-refractivity contribution in [2.45, 2.75) is 30.0 Å². The van der Waals surface area contributed by atoms with E-state index in [1.54, 1.807) is 4.57 Å². The van der Waals surface area contributed by atoms with Crippen molar-refractivity contribution in [2.75, 3.05) is 6.26 Å². The standard InChI is InChI=1S/C14H15ClN2OS/c1-19-14(6-7-14)9-17-12(8-15)16-11-5-3-2-4-10(11)13(17)18/h2-5H,6-9H2,1H3. The van der Waals surface area contributed by atoms with Crippen molar-refractivity contribution in [2.24, 2.45) is 0 Å². The molecule has 1 aliphatic rings. The van der Waals surface area contributed by atoms with E-state index < -0.39 is 0 Å². The average Bonchev–Trinajstić information content (AvgIpc) is 3.22. The molecular weight excluding hydrogens is 280 g/mol. The molecule has 0 saturated heterocycles. The van der Waals surface area contributed by atoms with Gasteiger partial charge in [-0.3, -0.25) is 9.36 Å². The Balaban J connectivity index is 2.16. The number of hydrogen-bond acceptors (Lipinski definition) is 3. The quantitative estimate of drug-likeness (QED) is 0.813. The van der Waals surface area contributed by atoms with Gasteiger partial charge in [-0.05, 0) is 31.2 Å². The minimum atomic E-state index is 0.0292. The molecule has 3 nitrogen and oxygen atoms in total. The Hall–Kier alpha value is -1.00. The number of nitrogens with zero attached hydrogens (tertiary/aromatic N) is 2. The fourth-order valence-corrected chi connectivity index (χ4v) is 3.31. The molecule has 0 amide bonds. The van der Waals surface area contributed by atoms with Crippen molar-refractivity contribution in [3.8, 4) is 0 Å². The summed E-state index contributed by atoms with van der Waals surface area (Å²) < 4.78 is 1.98. The molecule has 19 heavy (non-hydrogen) atoms. The Morgan fingerprint density at radius 2 is 2.16 bits per heavy atom. The molecule has 0 unspecified atom stereocenters. The molecule has 0 aliphatic heterocycles. The van der Waals surface area contributed by atoms with E-state index in [0.29, 0.717) is 17.8 Å². The third-order valence-corrected chi connectivity index (χ3v) is 5.39. The van der Waals surface area contributed by atoms with E-state index in [4.69, 9.17) is 11.6 Å². The number of thioether (sulfide) groups is 1. The molecule has 1 saturated carbocycles. The predicted molar refractivity (Wildman–Crippen MR) is 81.0 cm³/mol. The number of rotatable bonds is 4. The second kappa shape index (κ2) is 4.84. The highest BCUT2D eigenvalue weighted by Gasteiger charge is 2.42. The molecule has 0 bridgehead atoms. The van der Waals surface area contributed by atoms with Crippen LogP contribution < -0.4 is 5.56 Å². The average molecular weight is 295 g/mol. The minimum absolute atomic E-state index is 0.0292. The molecule has 0 spiro atoms. The lowest BCUT2D eigenvalue weighted by molar-refractivity contribution is 0.607. The number of fused-ring (bicyclic) bond motifs is 1. The van der Waals surface area contributed by atoms with Crippen LogP contribution in [0.5, 0.6) is 0 Å². The number of benzene rings is 1. The lowest BCUT2D eigenvalue weighted by Gasteiger charge is -2.17. The fraction of sp³-hybridized carbons (Fsp3) is 0.429. The first-order valence-electron chi connectivity index (χ1n) is 6.29. The van der Waals surface area contributed by atoms with Gasteiger partial charge in [-0.2, -0.15) is 11.8 Å². The monoisotopic (exact) mass is 294 g/mol. The van der Waals surface area contributed by atoms with Crippen LogP contribution in [0.2, 0.25) is 0 Å². The summed E-state index contributed by atoms with van der Waals surface area (Å²) in [6, 6.07) is 7.45. The molecule has 0 atom stereocenters. The summed E-state index contributed by atoms with van der Waals surface area (Å²) >= 11 is 7.80. The maximum Gasteiger partial charge on any atom is 0.261 e. The van der Waals surface area contributed by atoms with Crippen LogP contribution in [0.25, 0.3) is 10.9 Å². The van der Waals surface area contributed by atoms with E-state index in [-0.39, 0.29) is 16.2 Å². The Kier molecular flexibility index (Phi) is 3.31. The lowest BCUT2D eigenvalue weighted by Crippen LogP contribution is -2.29. The lowest BCUT2D eigenvalue weighted by atomic mass is 10.2. The zero-order chi connectivity index (χ0) is 13.5. The number of hydrogen-bond donors (Lipinski definition) is 0. The fourth-order valence-electron chi connectivity index (χ4n) is 2.33. The zero-order valence-electron chi connectivity index (χ0n) is 10.7. The largest absolute Gasteiger partial charge is 0.294 e. The van der Waals surface area contributed by atoms with Crippen molar-refractivity contribution in [3.63, 3.8) is 0 Å². The van der Waals surface area contributed by atoms with Crippen LogP contribution >= 0.6 is 23.4 Å². The summed E-state index contributed by atoms with van der Waals surface area (Å²) in [7, 11) is 0. The highest BCUT2D eigenvalue weighted by atomic mass is 35.5. The summed E-state index contributed by atoms with van der Waals surface area (Å²) in [5.41, 5.74) is 0.759. The van der Waals surface area contributed by atoms with Gasteiger partial charge in [0.15, 0.2) is 0 Å². The number of halogens is 1. The van der Waals surface area contributed by atoms with Crippen LogP contribution in [0.4, 0.5) is 0 Å². The Morgan fingerprint density at radius 1 is 1.42 bits per heavy atom. The van der Waals surface area contributed by atoms with E-state index in [1.807, 2.05) is 36.0 Å². The SMILES string of the molecule is CSC1(Cn2c(CCl)nc3ccccc3c2=O)CC1. The third kappa shape index (κ3) is 2.28. The van der Waals surface area contributed by atoms with Crippen LogP contribution in [-0.4, -0.2) is 20.6 Å². The Bertz CT molecular complexity index is 679. The summed E-state index contributed by atoms with van der Waals surface area (Å²) in [6.07, 6.45) is 4.43. The van der Waals surface area contributed by atoms with Crippen molar-refractivity contribution >= 4 is 34.3 Å². The van der Waals surface area contributed by atoms with Crippen molar-refractivity contribution in [1.82, 2.24) is 9.55 Å². The topological polar surface area (TPSA) is 34.9 Å². The highest BCUT2D eigenvalue weighted by molar-refractivity contribution is 8.00. The second-order valence-electron chi connectivity index (χ2n) is 4.96. The minimum Gasteiger partial charge on any atom is -0.294 e. The van der Waals surface area contributed by atoms with E-state index in [2.05, 4.69) is 11.2 Å². The summed E-state index contributed by atoms with van der Waals surface area (Å²) in [6.45, 7) is 0.715. The molecule has 5 heteroatoms. The van der Waals surface area contributed by atoms with Crippen molar-refractivity contribution in [3.05, 3.63) is 40.4 Å². The van der Waals surface area contributed by atoms with Gasteiger partial charge in [-0.25, -0.2) is 4.98 Å². The first kappa shape index (κ1) is 13.0. The van der Waals surface area contributed by atoms with Gasteiger partial charge in [-0.1, -0.05) is 12.1 Å². The van der Waals surface area contributed by atoms with Crippen molar-refractivity contribution < 1.29 is 0 Å². The van der Waals surface area contributed by atoms with Crippen LogP contribution in [0, 0.1) is 0 Å². The molecule has 1 aromatic carbocycles. The maximum absolute atomic E-state index is 12.6. The van der Waals surface area contributed by atoms with E-state index in [1.165, 1.54) is 0 Å². The molecule has 1 fully saturated rings. The van der Waals surface area contributed by atoms with E-state index in [9.17, 15) is 4.79 Å². The molecule has 1 aromatic heterocycles. The molecule has 0 radical (unpaired) electrons. The molecular formula is C14H15ClN2OS. The second-order valence-corrected chi connectivity index (χ2v) is 6.50. The third-order valence-electron chi connectivity index (χ3n) is 3.75. The molecule has 3 rings (SSSR count). The molecule has 0 N–H and O–H groups in total. The van der Waals surface area contributed by atoms with E-state index in [0.717, 1.165) is 18.4 Å². The Labute approximate surface area is 121 Å². The van der Waals surface area contributed by atoms with Gasteiger partial charge in [0, 0.05) is 11.3 Å².